The molecule has 1 aliphatic heterocycles. The monoisotopic (exact) mass is 185 g/mol. The quantitative estimate of drug-likeness (QED) is 0.659. The Morgan fingerprint density at radius 1 is 1.46 bits per heavy atom. The van der Waals surface area contributed by atoms with Gasteiger partial charge in [-0.3, -0.25) is 9.69 Å². The van der Waals surface area contributed by atoms with Crippen molar-refractivity contribution < 1.29 is 9.53 Å². The number of hydrogen-bond acceptors (Lipinski definition) is 3. The molecule has 0 aromatic carbocycles. The zero-order valence-corrected chi connectivity index (χ0v) is 8.58. The number of rotatable bonds is 3. The summed E-state index contributed by atoms with van der Waals surface area (Å²) in [5.74, 6) is 0.335. The predicted molar refractivity (Wildman–Crippen MR) is 51.8 cm³/mol. The van der Waals surface area contributed by atoms with Crippen molar-refractivity contribution in [3.63, 3.8) is 0 Å². The second kappa shape index (κ2) is 5.35. The zero-order chi connectivity index (χ0) is 9.68. The van der Waals surface area contributed by atoms with Gasteiger partial charge in [0.1, 0.15) is 5.78 Å². The largest absolute Gasteiger partial charge is 0.380 e. The van der Waals surface area contributed by atoms with Crippen LogP contribution in [-0.2, 0) is 9.53 Å². The highest BCUT2D eigenvalue weighted by Crippen LogP contribution is 2.06. The third-order valence-electron chi connectivity index (χ3n) is 2.62. The van der Waals surface area contributed by atoms with Crippen LogP contribution in [0.3, 0.4) is 0 Å². The molecule has 0 spiro atoms. The molecule has 3 heteroatoms. The van der Waals surface area contributed by atoms with Crippen molar-refractivity contribution in [3.05, 3.63) is 0 Å². The lowest BCUT2D eigenvalue weighted by molar-refractivity contribution is -0.123. The Morgan fingerprint density at radius 2 is 2.23 bits per heavy atom. The summed E-state index contributed by atoms with van der Waals surface area (Å²) in [4.78, 5) is 13.7. The van der Waals surface area contributed by atoms with Crippen LogP contribution in [0, 0.1) is 0 Å². The first-order valence-corrected chi connectivity index (χ1v) is 5.10. The van der Waals surface area contributed by atoms with E-state index in [4.69, 9.17) is 4.74 Å². The van der Waals surface area contributed by atoms with E-state index >= 15 is 0 Å². The Balaban J connectivity index is 2.43. The molecule has 0 aromatic rings. The predicted octanol–water partition coefficient (Wildman–Crippen LogP) is 1.08. The summed E-state index contributed by atoms with van der Waals surface area (Å²) in [6.07, 6.45) is 1.68. The smallest absolute Gasteiger partial charge is 0.149 e. The van der Waals surface area contributed by atoms with Crippen LogP contribution in [0.25, 0.3) is 0 Å². The summed E-state index contributed by atoms with van der Waals surface area (Å²) < 4.78 is 5.34. The molecule has 0 aliphatic carbocycles. The molecule has 76 valence electrons. The van der Waals surface area contributed by atoms with Gasteiger partial charge in [0.15, 0.2) is 0 Å². The summed E-state index contributed by atoms with van der Waals surface area (Å²) in [7, 11) is 0. The van der Waals surface area contributed by atoms with Gasteiger partial charge in [-0.2, -0.15) is 0 Å². The highest BCUT2D eigenvalue weighted by atomic mass is 16.5. The summed E-state index contributed by atoms with van der Waals surface area (Å²) in [5.41, 5.74) is 0. The van der Waals surface area contributed by atoms with Crippen LogP contribution in [0.15, 0.2) is 0 Å². The molecule has 3 nitrogen and oxygen atoms in total. The molecule has 0 bridgehead atoms. The fourth-order valence-electron chi connectivity index (χ4n) is 1.65. The van der Waals surface area contributed by atoms with E-state index < -0.39 is 0 Å². The van der Waals surface area contributed by atoms with Crippen molar-refractivity contribution >= 4 is 5.78 Å². The first kappa shape index (κ1) is 10.7. The Labute approximate surface area is 80.1 Å². The highest BCUT2D eigenvalue weighted by molar-refractivity contribution is 5.83. The van der Waals surface area contributed by atoms with Gasteiger partial charge in [-0.05, 0) is 13.3 Å². The summed E-state index contributed by atoms with van der Waals surface area (Å²) in [5, 5.41) is 0. The third kappa shape index (κ3) is 3.08. The number of Topliss-reactive ketones (excluding diaryl/α,β-unsaturated/α-hetero) is 1. The molecule has 1 aliphatic rings. The average molecular weight is 185 g/mol. The fraction of sp³-hybridized carbons (Fsp3) is 0.900. The second-order valence-electron chi connectivity index (χ2n) is 3.50. The van der Waals surface area contributed by atoms with E-state index in [1.54, 1.807) is 0 Å². The molecule has 0 radical (unpaired) electrons. The molecule has 1 rings (SSSR count). The van der Waals surface area contributed by atoms with Gasteiger partial charge in [0.05, 0.1) is 12.6 Å². The van der Waals surface area contributed by atoms with Crippen molar-refractivity contribution in [3.8, 4) is 0 Å². The lowest BCUT2D eigenvalue weighted by atomic mass is 10.1. The molecule has 0 N–H and O–H groups in total. The first-order valence-electron chi connectivity index (χ1n) is 5.10. The minimum Gasteiger partial charge on any atom is -0.380 e. The molecule has 0 saturated carbocycles. The second-order valence-corrected chi connectivity index (χ2v) is 3.50. The summed E-state index contributed by atoms with van der Waals surface area (Å²) >= 11 is 0. The van der Waals surface area contributed by atoms with E-state index in [2.05, 4.69) is 4.90 Å². The van der Waals surface area contributed by atoms with E-state index in [0.717, 1.165) is 32.7 Å². The maximum atomic E-state index is 11.4. The van der Waals surface area contributed by atoms with Crippen molar-refractivity contribution in [2.45, 2.75) is 32.7 Å². The number of nitrogens with zero attached hydrogens (tertiary/aromatic N) is 1. The van der Waals surface area contributed by atoms with E-state index in [9.17, 15) is 4.79 Å². The maximum absolute atomic E-state index is 11.4. The van der Waals surface area contributed by atoms with Gasteiger partial charge >= 0.3 is 0 Å². The van der Waals surface area contributed by atoms with Crippen LogP contribution < -0.4 is 0 Å². The van der Waals surface area contributed by atoms with Crippen molar-refractivity contribution in [2.24, 2.45) is 0 Å². The highest BCUT2D eigenvalue weighted by Gasteiger charge is 2.20. The van der Waals surface area contributed by atoms with Gasteiger partial charge in [-0.15, -0.1) is 0 Å². The summed E-state index contributed by atoms with van der Waals surface area (Å²) in [6.45, 7) is 7.41. The lowest BCUT2D eigenvalue weighted by Crippen LogP contribution is -2.40. The van der Waals surface area contributed by atoms with Gasteiger partial charge in [-0.25, -0.2) is 0 Å². The molecule has 1 unspecified atom stereocenters. The third-order valence-corrected chi connectivity index (χ3v) is 2.62. The number of ketones is 1. The molecule has 1 heterocycles. The topological polar surface area (TPSA) is 29.5 Å². The molecular formula is C10H19NO2. The zero-order valence-electron chi connectivity index (χ0n) is 8.58. The Morgan fingerprint density at radius 3 is 2.92 bits per heavy atom. The molecule has 1 fully saturated rings. The maximum Gasteiger partial charge on any atom is 0.149 e. The molecule has 0 aromatic heterocycles. The van der Waals surface area contributed by atoms with Crippen LogP contribution in [0.1, 0.15) is 26.7 Å². The van der Waals surface area contributed by atoms with Gasteiger partial charge in [0, 0.05) is 26.1 Å². The van der Waals surface area contributed by atoms with Gasteiger partial charge in [0.2, 0.25) is 0 Å². The van der Waals surface area contributed by atoms with E-state index in [1.165, 1.54) is 0 Å². The Kier molecular flexibility index (Phi) is 4.39. The van der Waals surface area contributed by atoms with E-state index in [-0.39, 0.29) is 6.04 Å². The molecular weight excluding hydrogens is 166 g/mol. The first-order chi connectivity index (χ1) is 6.25. The van der Waals surface area contributed by atoms with Gasteiger partial charge in [-0.1, -0.05) is 6.92 Å². The normalized spacial score (nSPS) is 22.3. The number of ether oxygens (including phenoxy) is 1. The Bertz CT molecular complexity index is 162. The SMILES string of the molecule is CCC(=O)C(C)N1CCCOCC1. The minimum absolute atomic E-state index is 0.0756. The van der Waals surface area contributed by atoms with Crippen LogP contribution >= 0.6 is 0 Å². The molecule has 13 heavy (non-hydrogen) atoms. The fourth-order valence-corrected chi connectivity index (χ4v) is 1.65. The Hall–Kier alpha value is -0.410. The molecule has 1 saturated heterocycles. The molecule has 1 atom stereocenters. The van der Waals surface area contributed by atoms with Crippen LogP contribution in [0.2, 0.25) is 0 Å². The number of carbonyl (C=O) groups excluding carboxylic acids is 1. The van der Waals surface area contributed by atoms with Crippen LogP contribution in [0.4, 0.5) is 0 Å². The van der Waals surface area contributed by atoms with Crippen LogP contribution in [-0.4, -0.2) is 43.0 Å². The summed E-state index contributed by atoms with van der Waals surface area (Å²) in [6, 6.07) is 0.0756. The van der Waals surface area contributed by atoms with Crippen molar-refractivity contribution in [2.75, 3.05) is 26.3 Å². The van der Waals surface area contributed by atoms with Crippen molar-refractivity contribution in [1.82, 2.24) is 4.90 Å². The van der Waals surface area contributed by atoms with Crippen LogP contribution in [0.5, 0.6) is 0 Å². The van der Waals surface area contributed by atoms with Gasteiger partial charge in [0.25, 0.3) is 0 Å². The lowest BCUT2D eigenvalue weighted by Gasteiger charge is -2.25. The number of carbonyl (C=O) groups is 1. The standard InChI is InChI=1S/C10H19NO2/c1-3-10(12)9(2)11-5-4-7-13-8-6-11/h9H,3-8H2,1-2H3. The van der Waals surface area contributed by atoms with E-state index in [0.29, 0.717) is 12.2 Å². The van der Waals surface area contributed by atoms with E-state index in [1.807, 2.05) is 13.8 Å². The van der Waals surface area contributed by atoms with Gasteiger partial charge < -0.3 is 4.74 Å². The average Bonchev–Trinajstić information content (AvgIpc) is 2.43. The number of hydrogen-bond donors (Lipinski definition) is 0. The molecule has 0 amide bonds. The minimum atomic E-state index is 0.0756. The van der Waals surface area contributed by atoms with Crippen molar-refractivity contribution in [1.29, 1.82) is 0 Å².